The molecule has 0 aromatic heterocycles. The first-order valence-electron chi connectivity index (χ1n) is 5.45. The molecule has 1 aromatic rings. The van der Waals surface area contributed by atoms with Gasteiger partial charge in [0.1, 0.15) is 5.75 Å². The molecule has 1 aromatic carbocycles. The number of nitrogens with two attached hydrogens (primary N) is 1. The van der Waals surface area contributed by atoms with Crippen LogP contribution >= 0.6 is 11.6 Å². The Labute approximate surface area is 100 Å². The lowest BCUT2D eigenvalue weighted by Gasteiger charge is -2.37. The van der Waals surface area contributed by atoms with E-state index < -0.39 is 0 Å². The molecule has 1 aliphatic heterocycles. The van der Waals surface area contributed by atoms with Crippen LogP contribution in [-0.4, -0.2) is 24.9 Å². The number of para-hydroxylation sites is 1. The smallest absolute Gasteiger partial charge is 0.137 e. The molecular weight excluding hydrogens is 226 g/mol. The van der Waals surface area contributed by atoms with E-state index in [2.05, 4.69) is 0 Å². The molecule has 3 nitrogen and oxygen atoms in total. The minimum atomic E-state index is -0.187. The van der Waals surface area contributed by atoms with Crippen LogP contribution in [0, 0.1) is 0 Å². The minimum absolute atomic E-state index is 0.163. The third-order valence-electron chi connectivity index (χ3n) is 3.40. The molecule has 0 aliphatic carbocycles. The number of rotatable bonds is 2. The van der Waals surface area contributed by atoms with Gasteiger partial charge in [-0.1, -0.05) is 23.7 Å². The van der Waals surface area contributed by atoms with Crippen molar-refractivity contribution in [3.8, 4) is 5.75 Å². The van der Waals surface area contributed by atoms with Crippen molar-refractivity contribution >= 4 is 11.6 Å². The molecule has 0 atom stereocenters. The Bertz CT molecular complexity index is 375. The van der Waals surface area contributed by atoms with Gasteiger partial charge in [0.25, 0.3) is 0 Å². The number of hydrogen-bond acceptors (Lipinski definition) is 3. The number of phenols is 1. The van der Waals surface area contributed by atoms with Crippen molar-refractivity contribution in [1.82, 2.24) is 0 Å². The monoisotopic (exact) mass is 241 g/mol. The van der Waals surface area contributed by atoms with Gasteiger partial charge in [0.15, 0.2) is 0 Å². The van der Waals surface area contributed by atoms with Crippen LogP contribution in [0.1, 0.15) is 18.4 Å². The third kappa shape index (κ3) is 1.90. The zero-order chi connectivity index (χ0) is 11.6. The van der Waals surface area contributed by atoms with Crippen LogP contribution in [0.5, 0.6) is 5.75 Å². The Morgan fingerprint density at radius 1 is 1.38 bits per heavy atom. The zero-order valence-electron chi connectivity index (χ0n) is 9.08. The number of halogens is 1. The van der Waals surface area contributed by atoms with Gasteiger partial charge in [-0.2, -0.15) is 0 Å². The number of ether oxygens (including phenoxy) is 1. The van der Waals surface area contributed by atoms with E-state index in [0.717, 1.165) is 18.4 Å². The van der Waals surface area contributed by atoms with Crippen LogP contribution in [0.3, 0.4) is 0 Å². The van der Waals surface area contributed by atoms with Gasteiger partial charge < -0.3 is 15.6 Å². The molecule has 0 spiro atoms. The van der Waals surface area contributed by atoms with E-state index in [1.165, 1.54) is 0 Å². The van der Waals surface area contributed by atoms with Gasteiger partial charge in [-0.25, -0.2) is 0 Å². The molecule has 0 radical (unpaired) electrons. The summed E-state index contributed by atoms with van der Waals surface area (Å²) in [5.74, 6) is 0.163. The predicted molar refractivity (Wildman–Crippen MR) is 63.9 cm³/mol. The Kier molecular flexibility index (Phi) is 3.38. The van der Waals surface area contributed by atoms with Gasteiger partial charge >= 0.3 is 0 Å². The molecule has 0 saturated carbocycles. The van der Waals surface area contributed by atoms with Crippen molar-refractivity contribution in [2.45, 2.75) is 18.3 Å². The van der Waals surface area contributed by atoms with Gasteiger partial charge in [-0.05, 0) is 18.9 Å². The molecule has 4 heteroatoms. The van der Waals surface area contributed by atoms with Crippen molar-refractivity contribution in [2.75, 3.05) is 19.8 Å². The maximum atomic E-state index is 10.0. The molecule has 1 heterocycles. The molecule has 1 aliphatic rings. The van der Waals surface area contributed by atoms with Crippen LogP contribution < -0.4 is 5.73 Å². The molecule has 0 bridgehead atoms. The quantitative estimate of drug-likeness (QED) is 0.833. The molecule has 88 valence electrons. The van der Waals surface area contributed by atoms with Crippen molar-refractivity contribution in [3.05, 3.63) is 28.8 Å². The lowest BCUT2D eigenvalue weighted by atomic mass is 9.74. The summed E-state index contributed by atoms with van der Waals surface area (Å²) < 4.78 is 5.35. The highest BCUT2D eigenvalue weighted by atomic mass is 35.5. The Morgan fingerprint density at radius 2 is 2.06 bits per heavy atom. The van der Waals surface area contributed by atoms with Gasteiger partial charge in [0.05, 0.1) is 5.02 Å². The standard InChI is InChI=1S/C12H16ClNO2/c13-10-3-1-2-9(11(10)15)12(8-14)4-6-16-7-5-12/h1-3,15H,4-8,14H2. The predicted octanol–water partition coefficient (Wildman–Crippen LogP) is 2.05. The largest absolute Gasteiger partial charge is 0.506 e. The Hall–Kier alpha value is -0.770. The third-order valence-corrected chi connectivity index (χ3v) is 3.70. The maximum absolute atomic E-state index is 10.0. The highest BCUT2D eigenvalue weighted by molar-refractivity contribution is 6.32. The number of phenolic OH excluding ortho intramolecular Hbond substituents is 1. The van der Waals surface area contributed by atoms with Crippen molar-refractivity contribution < 1.29 is 9.84 Å². The molecule has 16 heavy (non-hydrogen) atoms. The average Bonchev–Trinajstić information content (AvgIpc) is 2.33. The molecule has 1 fully saturated rings. The summed E-state index contributed by atoms with van der Waals surface area (Å²) in [6, 6.07) is 5.44. The van der Waals surface area contributed by atoms with Crippen molar-refractivity contribution in [2.24, 2.45) is 5.73 Å². The molecule has 1 saturated heterocycles. The van der Waals surface area contributed by atoms with Gasteiger partial charge in [-0.3, -0.25) is 0 Å². The average molecular weight is 242 g/mol. The maximum Gasteiger partial charge on any atom is 0.137 e. The van der Waals surface area contributed by atoms with Crippen molar-refractivity contribution in [1.29, 1.82) is 0 Å². The first-order valence-corrected chi connectivity index (χ1v) is 5.83. The highest BCUT2D eigenvalue weighted by Gasteiger charge is 2.35. The number of hydrogen-bond donors (Lipinski definition) is 2. The van der Waals surface area contributed by atoms with E-state index in [4.69, 9.17) is 22.1 Å². The second kappa shape index (κ2) is 4.62. The summed E-state index contributed by atoms with van der Waals surface area (Å²) in [4.78, 5) is 0. The van der Waals surface area contributed by atoms with Crippen LogP contribution in [0.4, 0.5) is 0 Å². The lowest BCUT2D eigenvalue weighted by Crippen LogP contribution is -2.40. The molecule has 3 N–H and O–H groups in total. The molecular formula is C12H16ClNO2. The summed E-state index contributed by atoms with van der Waals surface area (Å²) in [7, 11) is 0. The summed E-state index contributed by atoms with van der Waals surface area (Å²) in [6.07, 6.45) is 1.66. The van der Waals surface area contributed by atoms with Crippen LogP contribution in [0.15, 0.2) is 18.2 Å². The Morgan fingerprint density at radius 3 is 2.69 bits per heavy atom. The fraction of sp³-hybridized carbons (Fsp3) is 0.500. The van der Waals surface area contributed by atoms with Gasteiger partial charge in [-0.15, -0.1) is 0 Å². The zero-order valence-corrected chi connectivity index (χ0v) is 9.83. The SMILES string of the molecule is NCC1(c2cccc(Cl)c2O)CCOCC1. The van der Waals surface area contributed by atoms with Crippen LogP contribution in [0.2, 0.25) is 5.02 Å². The van der Waals surface area contributed by atoms with E-state index in [0.29, 0.717) is 24.8 Å². The first kappa shape index (κ1) is 11.7. The van der Waals surface area contributed by atoms with E-state index >= 15 is 0 Å². The minimum Gasteiger partial charge on any atom is -0.506 e. The first-order chi connectivity index (χ1) is 7.69. The molecule has 0 amide bonds. The Balaban J connectivity index is 2.43. The van der Waals surface area contributed by atoms with E-state index in [1.54, 1.807) is 6.07 Å². The second-order valence-electron chi connectivity index (χ2n) is 4.23. The van der Waals surface area contributed by atoms with E-state index in [-0.39, 0.29) is 11.2 Å². The van der Waals surface area contributed by atoms with Crippen molar-refractivity contribution in [3.63, 3.8) is 0 Å². The fourth-order valence-electron chi connectivity index (χ4n) is 2.29. The normalized spacial score (nSPS) is 19.6. The van der Waals surface area contributed by atoms with Gasteiger partial charge in [0, 0.05) is 30.7 Å². The van der Waals surface area contributed by atoms with Crippen LogP contribution in [-0.2, 0) is 10.2 Å². The lowest BCUT2D eigenvalue weighted by molar-refractivity contribution is 0.0522. The molecule has 0 unspecified atom stereocenters. The molecule has 2 rings (SSSR count). The number of benzene rings is 1. The summed E-state index contributed by atoms with van der Waals surface area (Å²) in [5, 5.41) is 10.4. The van der Waals surface area contributed by atoms with E-state index in [9.17, 15) is 5.11 Å². The number of aromatic hydroxyl groups is 1. The summed E-state index contributed by atoms with van der Waals surface area (Å²) >= 11 is 5.93. The topological polar surface area (TPSA) is 55.5 Å². The summed E-state index contributed by atoms with van der Waals surface area (Å²) in [5.41, 5.74) is 6.54. The summed E-state index contributed by atoms with van der Waals surface area (Å²) in [6.45, 7) is 1.87. The van der Waals surface area contributed by atoms with Gasteiger partial charge in [0.2, 0.25) is 0 Å². The van der Waals surface area contributed by atoms with Crippen LogP contribution in [0.25, 0.3) is 0 Å². The van der Waals surface area contributed by atoms with E-state index in [1.807, 2.05) is 12.1 Å². The highest BCUT2D eigenvalue weighted by Crippen LogP contribution is 2.41. The fourth-order valence-corrected chi connectivity index (χ4v) is 2.46. The second-order valence-corrected chi connectivity index (χ2v) is 4.64.